The number of aryl methyl sites for hydroxylation is 1. The third kappa shape index (κ3) is 2.06. The maximum absolute atomic E-state index is 12.6. The molecule has 104 valence electrons. The van der Waals surface area contributed by atoms with E-state index in [2.05, 4.69) is 0 Å². The van der Waals surface area contributed by atoms with Crippen LogP contribution in [0.15, 0.2) is 29.2 Å². The van der Waals surface area contributed by atoms with Gasteiger partial charge in [0.1, 0.15) is 0 Å². The van der Waals surface area contributed by atoms with E-state index >= 15 is 0 Å². The topological polar surface area (TPSA) is 71.4 Å². The van der Waals surface area contributed by atoms with Gasteiger partial charge in [0, 0.05) is 0 Å². The largest absolute Gasteiger partial charge is 0.480 e. The number of benzene rings is 1. The van der Waals surface area contributed by atoms with E-state index in [1.807, 2.05) is 13.8 Å². The van der Waals surface area contributed by atoms with Crippen LogP contribution in [0.3, 0.4) is 0 Å². The lowest BCUT2D eigenvalue weighted by molar-refractivity contribution is -0.144. The molecular weight excluding hydrogens is 264 g/mol. The fourth-order valence-electron chi connectivity index (χ4n) is 2.61. The van der Waals surface area contributed by atoms with Crippen LogP contribution in [0.5, 0.6) is 0 Å². The zero-order valence-electron chi connectivity index (χ0n) is 11.1. The maximum Gasteiger partial charge on any atom is 0.325 e. The molecule has 0 atom stereocenters. The average Bonchev–Trinajstić information content (AvgIpc) is 2.27. The number of aliphatic carboxylic acids is 1. The summed E-state index contributed by atoms with van der Waals surface area (Å²) >= 11 is 0. The summed E-state index contributed by atoms with van der Waals surface area (Å²) in [6.45, 7) is 3.81. The summed E-state index contributed by atoms with van der Waals surface area (Å²) in [4.78, 5) is 11.6. The Hall–Kier alpha value is -1.36. The highest BCUT2D eigenvalue weighted by Crippen LogP contribution is 2.48. The number of carboxylic acid groups (broad SMARTS) is 1. The molecule has 1 aliphatic carbocycles. The van der Waals surface area contributed by atoms with Gasteiger partial charge >= 0.3 is 5.97 Å². The summed E-state index contributed by atoms with van der Waals surface area (Å²) in [6.07, 6.45) is 1.25. The third-order valence-corrected chi connectivity index (χ3v) is 6.48. The van der Waals surface area contributed by atoms with Crippen LogP contribution in [0.4, 0.5) is 0 Å². The number of carbonyl (C=O) groups is 1. The van der Waals surface area contributed by atoms with Crippen molar-refractivity contribution in [1.29, 1.82) is 0 Å². The van der Waals surface area contributed by atoms with Crippen LogP contribution in [0, 0.1) is 12.8 Å². The third-order valence-electron chi connectivity index (χ3n) is 4.05. The predicted octanol–water partition coefficient (Wildman–Crippen LogP) is 2.41. The van der Waals surface area contributed by atoms with Crippen LogP contribution in [0.25, 0.3) is 0 Å². The van der Waals surface area contributed by atoms with Gasteiger partial charge in [0.15, 0.2) is 14.6 Å². The minimum Gasteiger partial charge on any atom is -0.480 e. The Morgan fingerprint density at radius 2 is 1.84 bits per heavy atom. The van der Waals surface area contributed by atoms with Crippen LogP contribution in [-0.4, -0.2) is 24.2 Å². The van der Waals surface area contributed by atoms with E-state index in [9.17, 15) is 18.3 Å². The van der Waals surface area contributed by atoms with E-state index in [0.717, 1.165) is 12.0 Å². The molecule has 0 aromatic heterocycles. The second-order valence-corrected chi connectivity index (χ2v) is 7.56. The van der Waals surface area contributed by atoms with Gasteiger partial charge in [-0.05, 0) is 37.8 Å². The highest BCUT2D eigenvalue weighted by molar-refractivity contribution is 7.93. The van der Waals surface area contributed by atoms with Gasteiger partial charge in [-0.1, -0.05) is 31.0 Å². The Morgan fingerprint density at radius 1 is 1.32 bits per heavy atom. The molecule has 5 heteroatoms. The van der Waals surface area contributed by atoms with Crippen molar-refractivity contribution in [3.05, 3.63) is 29.8 Å². The molecule has 0 saturated heterocycles. The lowest BCUT2D eigenvalue weighted by atomic mass is 9.73. The normalized spacial score (nSPS) is 26.7. The van der Waals surface area contributed by atoms with E-state index < -0.39 is 20.6 Å². The fourth-order valence-corrected chi connectivity index (χ4v) is 4.70. The molecule has 0 aliphatic heterocycles. The van der Waals surface area contributed by atoms with Crippen LogP contribution >= 0.6 is 0 Å². The Kier molecular flexibility index (Phi) is 3.43. The smallest absolute Gasteiger partial charge is 0.325 e. The molecule has 1 N–H and O–H groups in total. The fraction of sp³-hybridized carbons (Fsp3) is 0.500. The van der Waals surface area contributed by atoms with Crippen LogP contribution in [0.2, 0.25) is 0 Å². The van der Waals surface area contributed by atoms with Gasteiger partial charge in [0.05, 0.1) is 4.90 Å². The summed E-state index contributed by atoms with van der Waals surface area (Å²) in [5, 5.41) is 9.37. The minimum absolute atomic E-state index is 0.107. The zero-order chi connectivity index (χ0) is 14.3. The van der Waals surface area contributed by atoms with Gasteiger partial charge in [0.2, 0.25) is 0 Å². The van der Waals surface area contributed by atoms with Crippen molar-refractivity contribution in [2.45, 2.75) is 42.8 Å². The molecule has 2 rings (SSSR count). The monoisotopic (exact) mass is 282 g/mol. The molecular formula is C14H18O4S. The standard InChI is InChI=1S/C14H18O4S/c1-3-11-8-14(9-11,13(15)16)19(17,18)12-6-4-10(2)5-7-12/h4-7,11H,3,8-9H2,1-2H3,(H,15,16). The molecule has 0 heterocycles. The second kappa shape index (κ2) is 4.63. The van der Waals surface area contributed by atoms with E-state index in [0.29, 0.717) is 0 Å². The van der Waals surface area contributed by atoms with Crippen molar-refractivity contribution in [2.75, 3.05) is 0 Å². The van der Waals surface area contributed by atoms with Gasteiger partial charge in [-0.15, -0.1) is 0 Å². The van der Waals surface area contributed by atoms with Crippen molar-refractivity contribution in [3.63, 3.8) is 0 Å². The molecule has 1 fully saturated rings. The first kappa shape index (κ1) is 14.1. The molecule has 0 amide bonds. The Morgan fingerprint density at radius 3 is 2.26 bits per heavy atom. The number of rotatable bonds is 4. The first-order valence-electron chi connectivity index (χ1n) is 6.38. The molecule has 1 saturated carbocycles. The van der Waals surface area contributed by atoms with Crippen molar-refractivity contribution in [1.82, 2.24) is 0 Å². The molecule has 4 nitrogen and oxygen atoms in total. The van der Waals surface area contributed by atoms with Crippen LogP contribution in [-0.2, 0) is 14.6 Å². The van der Waals surface area contributed by atoms with E-state index in [1.165, 1.54) is 12.1 Å². The number of carboxylic acids is 1. The summed E-state index contributed by atoms with van der Waals surface area (Å²) in [5.74, 6) is -1.03. The summed E-state index contributed by atoms with van der Waals surface area (Å²) in [5.41, 5.74) is 0.948. The van der Waals surface area contributed by atoms with E-state index in [4.69, 9.17) is 0 Å². The Labute approximate surface area is 113 Å². The van der Waals surface area contributed by atoms with Gasteiger partial charge in [-0.3, -0.25) is 4.79 Å². The maximum atomic E-state index is 12.6. The highest BCUT2D eigenvalue weighted by Gasteiger charge is 2.59. The number of sulfone groups is 1. The Bertz CT molecular complexity index is 580. The summed E-state index contributed by atoms with van der Waals surface area (Å²) in [6, 6.07) is 6.38. The molecule has 0 spiro atoms. The lowest BCUT2D eigenvalue weighted by Crippen LogP contribution is -2.56. The first-order valence-corrected chi connectivity index (χ1v) is 7.86. The molecule has 0 unspecified atom stereocenters. The van der Waals surface area contributed by atoms with E-state index in [1.54, 1.807) is 12.1 Å². The van der Waals surface area contributed by atoms with Crippen molar-refractivity contribution in [2.24, 2.45) is 5.92 Å². The second-order valence-electron chi connectivity index (χ2n) is 5.30. The van der Waals surface area contributed by atoms with Gasteiger partial charge in [0.25, 0.3) is 0 Å². The first-order chi connectivity index (χ1) is 8.83. The molecule has 1 aromatic rings. The molecule has 0 radical (unpaired) electrons. The van der Waals surface area contributed by atoms with Gasteiger partial charge in [-0.25, -0.2) is 8.42 Å². The predicted molar refractivity (Wildman–Crippen MR) is 71.7 cm³/mol. The van der Waals surface area contributed by atoms with Crippen molar-refractivity contribution in [3.8, 4) is 0 Å². The SMILES string of the molecule is CCC1CC(C(=O)O)(S(=O)(=O)c2ccc(C)cc2)C1. The molecule has 19 heavy (non-hydrogen) atoms. The molecule has 0 bridgehead atoms. The molecule has 1 aromatic carbocycles. The zero-order valence-corrected chi connectivity index (χ0v) is 11.9. The lowest BCUT2D eigenvalue weighted by Gasteiger charge is -2.43. The number of hydrogen-bond acceptors (Lipinski definition) is 3. The van der Waals surface area contributed by atoms with Gasteiger partial charge in [-0.2, -0.15) is 0 Å². The van der Waals surface area contributed by atoms with Crippen LogP contribution < -0.4 is 0 Å². The van der Waals surface area contributed by atoms with Gasteiger partial charge < -0.3 is 5.11 Å². The summed E-state index contributed by atoms with van der Waals surface area (Å²) < 4.78 is 23.5. The van der Waals surface area contributed by atoms with E-state index in [-0.39, 0.29) is 23.7 Å². The van der Waals surface area contributed by atoms with Crippen molar-refractivity contribution < 1.29 is 18.3 Å². The van der Waals surface area contributed by atoms with Crippen LogP contribution in [0.1, 0.15) is 31.7 Å². The molecule has 1 aliphatic rings. The quantitative estimate of drug-likeness (QED) is 0.920. The van der Waals surface area contributed by atoms with Crippen molar-refractivity contribution >= 4 is 15.8 Å². The minimum atomic E-state index is -3.82. The summed E-state index contributed by atoms with van der Waals surface area (Å²) in [7, 11) is -3.82. The highest BCUT2D eigenvalue weighted by atomic mass is 32.2. The number of hydrogen-bond donors (Lipinski definition) is 1. The average molecular weight is 282 g/mol. The Balaban J connectivity index is 2.43.